The molecule has 2 nitrogen and oxygen atoms in total. The van der Waals surface area contributed by atoms with Crippen molar-refractivity contribution in [1.29, 1.82) is 0 Å². The summed E-state index contributed by atoms with van der Waals surface area (Å²) in [6.07, 6.45) is 15.9. The van der Waals surface area contributed by atoms with Gasteiger partial charge in [0, 0.05) is 12.5 Å². The number of hydrogen-bond donors (Lipinski definition) is 1. The van der Waals surface area contributed by atoms with E-state index in [4.69, 9.17) is 10.5 Å². The number of allylic oxidation sites excluding steroid dienone is 1. The second-order valence-corrected chi connectivity index (χ2v) is 6.21. The topological polar surface area (TPSA) is 35.2 Å². The molecule has 0 aliphatic heterocycles. The van der Waals surface area contributed by atoms with Gasteiger partial charge in [0.15, 0.2) is 0 Å². The molecule has 0 saturated carbocycles. The number of rotatable bonds is 16. The largest absolute Gasteiger partial charge is 0.497 e. The lowest BCUT2D eigenvalue weighted by atomic mass is 9.93. The van der Waals surface area contributed by atoms with Crippen LogP contribution in [0.3, 0.4) is 0 Å². The Hall–Kier alpha value is -0.500. The highest BCUT2D eigenvalue weighted by Gasteiger charge is 2.13. The second kappa shape index (κ2) is 15.9. The molecule has 0 amide bonds. The highest BCUT2D eigenvalue weighted by atomic mass is 16.5. The Labute approximate surface area is 133 Å². The van der Waals surface area contributed by atoms with Gasteiger partial charge < -0.3 is 10.5 Å². The molecule has 21 heavy (non-hydrogen) atoms. The number of unbranched alkanes of at least 4 members (excludes halogenated alkanes) is 8. The third-order valence-corrected chi connectivity index (χ3v) is 4.17. The quantitative estimate of drug-likeness (QED) is 0.288. The molecule has 0 rings (SSSR count). The van der Waals surface area contributed by atoms with Crippen LogP contribution in [0.4, 0.5) is 0 Å². The van der Waals surface area contributed by atoms with E-state index in [9.17, 15) is 0 Å². The Kier molecular flexibility index (Phi) is 15.5. The summed E-state index contributed by atoms with van der Waals surface area (Å²) in [6.45, 7) is 9.87. The smallest absolute Gasteiger partial charge is 0.0999 e. The standard InChI is InChI=1S/C19H39NO/c1-4-6-8-10-11-13-15-19(14-12-9-7-5-2)18(3)21-17-16-20/h19H,3-17,20H2,1-2H3. The van der Waals surface area contributed by atoms with E-state index in [2.05, 4.69) is 20.4 Å². The van der Waals surface area contributed by atoms with E-state index in [1.807, 2.05) is 0 Å². The van der Waals surface area contributed by atoms with Gasteiger partial charge in [0.2, 0.25) is 0 Å². The van der Waals surface area contributed by atoms with E-state index in [0.29, 0.717) is 19.1 Å². The minimum atomic E-state index is 0.541. The van der Waals surface area contributed by atoms with Crippen molar-refractivity contribution in [2.45, 2.75) is 90.9 Å². The van der Waals surface area contributed by atoms with Crippen molar-refractivity contribution in [2.24, 2.45) is 11.7 Å². The van der Waals surface area contributed by atoms with E-state index in [1.54, 1.807) is 0 Å². The predicted molar refractivity (Wildman–Crippen MR) is 94.4 cm³/mol. The van der Waals surface area contributed by atoms with Gasteiger partial charge in [0.05, 0.1) is 12.4 Å². The van der Waals surface area contributed by atoms with Gasteiger partial charge in [-0.15, -0.1) is 0 Å². The molecule has 2 N–H and O–H groups in total. The van der Waals surface area contributed by atoms with Crippen LogP contribution in [0.15, 0.2) is 12.3 Å². The Morgan fingerprint density at radius 2 is 1.33 bits per heavy atom. The normalized spacial score (nSPS) is 12.3. The fourth-order valence-corrected chi connectivity index (χ4v) is 2.76. The van der Waals surface area contributed by atoms with Crippen LogP contribution in [0.5, 0.6) is 0 Å². The fraction of sp³-hybridized carbons (Fsp3) is 0.895. The third kappa shape index (κ3) is 12.9. The number of nitrogens with two attached hydrogens (primary N) is 1. The Bertz CT molecular complexity index is 228. The Morgan fingerprint density at radius 3 is 1.86 bits per heavy atom. The average molecular weight is 298 g/mol. The predicted octanol–water partition coefficient (Wildman–Crippen LogP) is 5.81. The monoisotopic (exact) mass is 297 g/mol. The summed E-state index contributed by atoms with van der Waals surface area (Å²) in [5, 5.41) is 0. The molecule has 0 aromatic rings. The third-order valence-electron chi connectivity index (χ3n) is 4.17. The minimum absolute atomic E-state index is 0.541. The molecule has 0 saturated heterocycles. The molecule has 1 atom stereocenters. The molecule has 0 aromatic heterocycles. The molecular weight excluding hydrogens is 258 g/mol. The van der Waals surface area contributed by atoms with Crippen LogP contribution in [0.2, 0.25) is 0 Å². The highest BCUT2D eigenvalue weighted by Crippen LogP contribution is 2.25. The maximum atomic E-state index is 5.69. The van der Waals surface area contributed by atoms with Crippen molar-refractivity contribution in [2.75, 3.05) is 13.2 Å². The van der Waals surface area contributed by atoms with Crippen LogP contribution >= 0.6 is 0 Å². The molecule has 0 bridgehead atoms. The SMILES string of the molecule is C=C(OCCN)C(CCCCCC)CCCCCCCC. The molecule has 2 heteroatoms. The van der Waals surface area contributed by atoms with Gasteiger partial charge in [-0.25, -0.2) is 0 Å². The van der Waals surface area contributed by atoms with Gasteiger partial charge in [-0.2, -0.15) is 0 Å². The molecule has 0 radical (unpaired) electrons. The zero-order chi connectivity index (χ0) is 15.8. The van der Waals surface area contributed by atoms with Crippen molar-refractivity contribution in [1.82, 2.24) is 0 Å². The van der Waals surface area contributed by atoms with Crippen molar-refractivity contribution < 1.29 is 4.74 Å². The van der Waals surface area contributed by atoms with Gasteiger partial charge >= 0.3 is 0 Å². The lowest BCUT2D eigenvalue weighted by Gasteiger charge is -2.20. The van der Waals surface area contributed by atoms with Gasteiger partial charge in [0.1, 0.15) is 0 Å². The molecule has 0 heterocycles. The maximum Gasteiger partial charge on any atom is 0.0999 e. The summed E-state index contributed by atoms with van der Waals surface area (Å²) in [6, 6.07) is 0. The first-order chi connectivity index (χ1) is 10.3. The summed E-state index contributed by atoms with van der Waals surface area (Å²) in [4.78, 5) is 0. The van der Waals surface area contributed by atoms with Crippen molar-refractivity contribution >= 4 is 0 Å². The zero-order valence-electron chi connectivity index (χ0n) is 14.7. The van der Waals surface area contributed by atoms with Crippen LogP contribution in [0.1, 0.15) is 90.9 Å². The molecule has 0 fully saturated rings. The van der Waals surface area contributed by atoms with Crippen molar-refractivity contribution in [3.63, 3.8) is 0 Å². The maximum absolute atomic E-state index is 5.69. The first-order valence-electron chi connectivity index (χ1n) is 9.27. The molecule has 0 spiro atoms. The van der Waals surface area contributed by atoms with E-state index in [-0.39, 0.29) is 0 Å². The Morgan fingerprint density at radius 1 is 0.857 bits per heavy atom. The number of ether oxygens (including phenoxy) is 1. The summed E-state index contributed by atoms with van der Waals surface area (Å²) < 4.78 is 5.69. The summed E-state index contributed by atoms with van der Waals surface area (Å²) in [5.41, 5.74) is 5.52. The average Bonchev–Trinajstić information content (AvgIpc) is 2.50. The molecule has 0 aliphatic carbocycles. The van der Waals surface area contributed by atoms with Gasteiger partial charge in [-0.3, -0.25) is 0 Å². The van der Waals surface area contributed by atoms with Crippen LogP contribution in [0, 0.1) is 5.92 Å². The summed E-state index contributed by atoms with van der Waals surface area (Å²) >= 11 is 0. The van der Waals surface area contributed by atoms with Gasteiger partial charge in [-0.1, -0.05) is 84.6 Å². The Balaban J connectivity index is 3.91. The van der Waals surface area contributed by atoms with Gasteiger partial charge in [0.25, 0.3) is 0 Å². The highest BCUT2D eigenvalue weighted by molar-refractivity contribution is 4.91. The molecule has 126 valence electrons. The van der Waals surface area contributed by atoms with Crippen LogP contribution in [0.25, 0.3) is 0 Å². The second-order valence-electron chi connectivity index (χ2n) is 6.21. The summed E-state index contributed by atoms with van der Waals surface area (Å²) in [7, 11) is 0. The zero-order valence-corrected chi connectivity index (χ0v) is 14.7. The van der Waals surface area contributed by atoms with E-state index >= 15 is 0 Å². The van der Waals surface area contributed by atoms with E-state index < -0.39 is 0 Å². The number of hydrogen-bond acceptors (Lipinski definition) is 2. The summed E-state index contributed by atoms with van der Waals surface area (Å²) in [5.74, 6) is 1.52. The molecule has 0 aliphatic rings. The van der Waals surface area contributed by atoms with Gasteiger partial charge in [-0.05, 0) is 12.8 Å². The van der Waals surface area contributed by atoms with Crippen LogP contribution in [-0.2, 0) is 4.74 Å². The fourth-order valence-electron chi connectivity index (χ4n) is 2.76. The van der Waals surface area contributed by atoms with Crippen molar-refractivity contribution in [3.8, 4) is 0 Å². The van der Waals surface area contributed by atoms with Crippen LogP contribution < -0.4 is 5.73 Å². The molecule has 1 unspecified atom stereocenters. The minimum Gasteiger partial charge on any atom is -0.497 e. The van der Waals surface area contributed by atoms with E-state index in [1.165, 1.54) is 77.0 Å². The van der Waals surface area contributed by atoms with Crippen molar-refractivity contribution in [3.05, 3.63) is 12.3 Å². The lowest BCUT2D eigenvalue weighted by Crippen LogP contribution is -2.13. The first kappa shape index (κ1) is 20.5. The molecule has 0 aromatic carbocycles. The van der Waals surface area contributed by atoms with E-state index in [0.717, 1.165) is 5.76 Å². The molecular formula is C19H39NO. The first-order valence-corrected chi connectivity index (χ1v) is 9.27. The lowest BCUT2D eigenvalue weighted by molar-refractivity contribution is 0.175. The van der Waals surface area contributed by atoms with Crippen LogP contribution in [-0.4, -0.2) is 13.2 Å².